The summed E-state index contributed by atoms with van der Waals surface area (Å²) >= 11 is 0. The monoisotopic (exact) mass is 404 g/mol. The Morgan fingerprint density at radius 2 is 1.86 bits per heavy atom. The van der Waals surface area contributed by atoms with E-state index >= 15 is 0 Å². The quantitative estimate of drug-likeness (QED) is 0.783. The van der Waals surface area contributed by atoms with E-state index in [0.717, 1.165) is 55.3 Å². The van der Waals surface area contributed by atoms with Crippen LogP contribution in [0, 0.1) is 20.8 Å². The zero-order valence-corrected chi connectivity index (χ0v) is 17.6. The van der Waals surface area contributed by atoms with Gasteiger partial charge in [0.25, 0.3) is 0 Å². The minimum absolute atomic E-state index is 0.0274. The van der Waals surface area contributed by atoms with Crippen molar-refractivity contribution in [1.29, 1.82) is 0 Å². The van der Waals surface area contributed by atoms with E-state index in [-0.39, 0.29) is 6.04 Å². The second-order valence-corrected chi connectivity index (χ2v) is 9.83. The first-order valence-electron chi connectivity index (χ1n) is 9.94. The van der Waals surface area contributed by atoms with Crippen LogP contribution >= 0.6 is 0 Å². The lowest BCUT2D eigenvalue weighted by Crippen LogP contribution is -2.30. The van der Waals surface area contributed by atoms with Crippen molar-refractivity contribution in [3.05, 3.63) is 41.0 Å². The molecule has 0 amide bonds. The smallest absolute Gasteiger partial charge is 0.243 e. The van der Waals surface area contributed by atoms with Crippen molar-refractivity contribution < 1.29 is 13.2 Å². The molecule has 0 aliphatic carbocycles. The van der Waals surface area contributed by atoms with E-state index in [9.17, 15) is 8.42 Å². The molecule has 4 rings (SSSR count). The fourth-order valence-corrected chi connectivity index (χ4v) is 6.00. The van der Waals surface area contributed by atoms with Crippen molar-refractivity contribution in [2.45, 2.75) is 56.9 Å². The number of benzene rings is 1. The molecule has 0 radical (unpaired) electrons. The van der Waals surface area contributed by atoms with Crippen LogP contribution in [0.5, 0.6) is 0 Å². The second-order valence-electron chi connectivity index (χ2n) is 7.92. The zero-order chi connectivity index (χ0) is 19.9. The molecule has 2 aromatic rings. The third-order valence-electron chi connectivity index (χ3n) is 5.77. The van der Waals surface area contributed by atoms with Gasteiger partial charge in [0.2, 0.25) is 10.0 Å². The van der Waals surface area contributed by atoms with Crippen LogP contribution in [-0.2, 0) is 14.8 Å². The molecular formula is C20H28N4O3S. The average Bonchev–Trinajstić information content (AvgIpc) is 3.29. The Labute approximate surface area is 166 Å². The van der Waals surface area contributed by atoms with Gasteiger partial charge in [-0.05, 0) is 51.7 Å². The van der Waals surface area contributed by atoms with Crippen LogP contribution in [0.15, 0.2) is 23.1 Å². The lowest BCUT2D eigenvalue weighted by molar-refractivity contribution is 0.0821. The van der Waals surface area contributed by atoms with Gasteiger partial charge in [-0.2, -0.15) is 9.40 Å². The average molecular weight is 405 g/mol. The molecule has 152 valence electrons. The summed E-state index contributed by atoms with van der Waals surface area (Å²) in [7, 11) is -3.51. The van der Waals surface area contributed by atoms with Gasteiger partial charge in [-0.3, -0.25) is 0 Å². The SMILES string of the molecule is Cc1ccc(S(=O)(=O)N2CCC(n3nc(C)nc3C3CCOCC3)C2)c(C)c1. The summed E-state index contributed by atoms with van der Waals surface area (Å²) in [6.07, 6.45) is 2.63. The summed E-state index contributed by atoms with van der Waals surface area (Å²) in [6, 6.07) is 5.53. The Morgan fingerprint density at radius 3 is 2.57 bits per heavy atom. The standard InChI is InChI=1S/C20H28N4O3S/c1-14-4-5-19(15(2)12-14)28(25,26)23-9-6-18(13-23)24-20(21-16(3)22-24)17-7-10-27-11-8-17/h4-5,12,17-18H,6-11,13H2,1-3H3. The molecule has 3 heterocycles. The predicted molar refractivity (Wildman–Crippen MR) is 106 cm³/mol. The summed E-state index contributed by atoms with van der Waals surface area (Å²) in [5, 5.41) is 4.63. The van der Waals surface area contributed by atoms with Crippen LogP contribution in [-0.4, -0.2) is 53.8 Å². The Morgan fingerprint density at radius 1 is 1.11 bits per heavy atom. The van der Waals surface area contributed by atoms with Crippen molar-refractivity contribution in [3.8, 4) is 0 Å². The predicted octanol–water partition coefficient (Wildman–Crippen LogP) is 2.73. The van der Waals surface area contributed by atoms with E-state index in [2.05, 4.69) is 10.1 Å². The molecule has 1 aromatic carbocycles. The number of hydrogen-bond acceptors (Lipinski definition) is 5. The summed E-state index contributed by atoms with van der Waals surface area (Å²) in [5.74, 6) is 2.06. The van der Waals surface area contributed by atoms with Crippen LogP contribution in [0.4, 0.5) is 0 Å². The molecule has 1 aromatic heterocycles. The number of nitrogens with zero attached hydrogens (tertiary/aromatic N) is 4. The van der Waals surface area contributed by atoms with Gasteiger partial charge < -0.3 is 4.74 Å². The van der Waals surface area contributed by atoms with E-state index in [4.69, 9.17) is 4.74 Å². The van der Waals surface area contributed by atoms with E-state index < -0.39 is 10.0 Å². The highest BCUT2D eigenvalue weighted by Gasteiger charge is 2.36. The molecule has 0 spiro atoms. The lowest BCUT2D eigenvalue weighted by atomic mass is 9.99. The number of aromatic nitrogens is 3. The van der Waals surface area contributed by atoms with Gasteiger partial charge in [0.05, 0.1) is 10.9 Å². The Kier molecular flexibility index (Phi) is 5.28. The van der Waals surface area contributed by atoms with Gasteiger partial charge in [-0.25, -0.2) is 18.1 Å². The van der Waals surface area contributed by atoms with Crippen LogP contribution in [0.3, 0.4) is 0 Å². The fraction of sp³-hybridized carbons (Fsp3) is 0.600. The van der Waals surface area contributed by atoms with Crippen molar-refractivity contribution in [1.82, 2.24) is 19.1 Å². The number of aryl methyl sites for hydroxylation is 3. The van der Waals surface area contributed by atoms with E-state index in [1.54, 1.807) is 10.4 Å². The van der Waals surface area contributed by atoms with Gasteiger partial charge in [-0.1, -0.05) is 17.7 Å². The molecule has 1 unspecified atom stereocenters. The molecule has 0 N–H and O–H groups in total. The Bertz CT molecular complexity index is 964. The molecule has 0 bridgehead atoms. The van der Waals surface area contributed by atoms with E-state index in [1.165, 1.54) is 0 Å². The normalized spacial score (nSPS) is 22.0. The first-order chi connectivity index (χ1) is 13.4. The molecule has 0 saturated carbocycles. The number of rotatable bonds is 4. The second kappa shape index (κ2) is 7.57. The van der Waals surface area contributed by atoms with Crippen molar-refractivity contribution in [2.24, 2.45) is 0 Å². The first-order valence-corrected chi connectivity index (χ1v) is 11.4. The highest BCUT2D eigenvalue weighted by atomic mass is 32.2. The highest BCUT2D eigenvalue weighted by molar-refractivity contribution is 7.89. The van der Waals surface area contributed by atoms with Crippen LogP contribution in [0.1, 0.15) is 54.0 Å². The molecule has 7 nitrogen and oxygen atoms in total. The van der Waals surface area contributed by atoms with Gasteiger partial charge in [0.15, 0.2) is 0 Å². The Hall–Kier alpha value is -1.77. The van der Waals surface area contributed by atoms with E-state index in [1.807, 2.05) is 37.6 Å². The number of hydrogen-bond donors (Lipinski definition) is 0. The zero-order valence-electron chi connectivity index (χ0n) is 16.8. The molecule has 28 heavy (non-hydrogen) atoms. The van der Waals surface area contributed by atoms with Gasteiger partial charge in [-0.15, -0.1) is 0 Å². The highest BCUT2D eigenvalue weighted by Crippen LogP contribution is 2.33. The van der Waals surface area contributed by atoms with Crippen molar-refractivity contribution >= 4 is 10.0 Å². The summed E-state index contributed by atoms with van der Waals surface area (Å²) in [6.45, 7) is 8.17. The van der Waals surface area contributed by atoms with E-state index in [0.29, 0.717) is 23.9 Å². The maximum atomic E-state index is 13.2. The minimum Gasteiger partial charge on any atom is -0.381 e. The van der Waals surface area contributed by atoms with Crippen LogP contribution in [0.25, 0.3) is 0 Å². The summed E-state index contributed by atoms with van der Waals surface area (Å²) < 4.78 is 35.5. The molecule has 2 saturated heterocycles. The molecule has 8 heteroatoms. The van der Waals surface area contributed by atoms with Crippen LogP contribution in [0.2, 0.25) is 0 Å². The third-order valence-corrected chi connectivity index (χ3v) is 7.80. The first kappa shape index (κ1) is 19.5. The molecular weight excluding hydrogens is 376 g/mol. The van der Waals surface area contributed by atoms with Gasteiger partial charge in [0, 0.05) is 32.2 Å². The summed E-state index contributed by atoms with van der Waals surface area (Å²) in [5.41, 5.74) is 1.86. The van der Waals surface area contributed by atoms with Crippen molar-refractivity contribution in [3.63, 3.8) is 0 Å². The minimum atomic E-state index is -3.51. The number of ether oxygens (including phenoxy) is 1. The molecule has 2 aliphatic heterocycles. The van der Waals surface area contributed by atoms with Gasteiger partial charge in [0.1, 0.15) is 11.6 Å². The largest absolute Gasteiger partial charge is 0.381 e. The molecule has 2 fully saturated rings. The lowest BCUT2D eigenvalue weighted by Gasteiger charge is -2.24. The molecule has 2 aliphatic rings. The maximum absolute atomic E-state index is 13.2. The molecule has 1 atom stereocenters. The number of sulfonamides is 1. The maximum Gasteiger partial charge on any atom is 0.243 e. The van der Waals surface area contributed by atoms with Crippen LogP contribution < -0.4 is 0 Å². The van der Waals surface area contributed by atoms with Crippen molar-refractivity contribution in [2.75, 3.05) is 26.3 Å². The third kappa shape index (κ3) is 3.60. The fourth-order valence-electron chi connectivity index (χ4n) is 4.31. The topological polar surface area (TPSA) is 77.3 Å². The summed E-state index contributed by atoms with van der Waals surface area (Å²) in [4.78, 5) is 5.08. The Balaban J connectivity index is 1.58. The van der Waals surface area contributed by atoms with Gasteiger partial charge >= 0.3 is 0 Å².